The molecular formula is C21H43NO2. The molecule has 0 atom stereocenters. The number of allylic oxidation sites excluding steroid dienone is 2. The van der Waals surface area contributed by atoms with E-state index >= 15 is 0 Å². The third-order valence-corrected chi connectivity index (χ3v) is 4.57. The summed E-state index contributed by atoms with van der Waals surface area (Å²) in [6.45, 7) is 5.01. The molecule has 0 unspecified atom stereocenters. The molecular weight excluding hydrogens is 298 g/mol. The first-order valence-electron chi connectivity index (χ1n) is 10.4. The highest BCUT2D eigenvalue weighted by atomic mass is 16.3. The molecule has 0 aromatic rings. The van der Waals surface area contributed by atoms with Crippen LogP contribution < -0.4 is 0 Å². The van der Waals surface area contributed by atoms with Crippen LogP contribution in [0.4, 0.5) is 0 Å². The van der Waals surface area contributed by atoms with Crippen molar-refractivity contribution in [2.24, 2.45) is 0 Å². The molecule has 0 radical (unpaired) electrons. The van der Waals surface area contributed by atoms with Gasteiger partial charge in [0.2, 0.25) is 0 Å². The molecule has 0 heterocycles. The van der Waals surface area contributed by atoms with Crippen molar-refractivity contribution in [1.82, 2.24) is 4.90 Å². The lowest BCUT2D eigenvalue weighted by Crippen LogP contribution is -2.30. The lowest BCUT2D eigenvalue weighted by molar-refractivity contribution is 0.159. The molecule has 3 heteroatoms. The Kier molecular flexibility index (Phi) is 20.3. The molecule has 144 valence electrons. The predicted molar refractivity (Wildman–Crippen MR) is 105 cm³/mol. The molecule has 0 amide bonds. The molecule has 0 aliphatic rings. The standard InChI is InChI=1S/C21H43NO2/c1-2-3-4-5-6-7-8-9-10-11-12-13-14-15-16-17-22(18-20-23)19-21-24/h9-10,23-24H,2-8,11-21H2,1H3/b10-9+. The highest BCUT2D eigenvalue weighted by molar-refractivity contribution is 4.81. The van der Waals surface area contributed by atoms with Crippen LogP contribution in [-0.4, -0.2) is 48.0 Å². The minimum absolute atomic E-state index is 0.186. The Morgan fingerprint density at radius 1 is 0.583 bits per heavy atom. The van der Waals surface area contributed by atoms with E-state index in [9.17, 15) is 0 Å². The van der Waals surface area contributed by atoms with Gasteiger partial charge in [-0.25, -0.2) is 0 Å². The number of aliphatic hydroxyl groups is 2. The van der Waals surface area contributed by atoms with Gasteiger partial charge >= 0.3 is 0 Å². The highest BCUT2D eigenvalue weighted by Crippen LogP contribution is 2.09. The average molecular weight is 342 g/mol. The van der Waals surface area contributed by atoms with Crippen LogP contribution in [0.3, 0.4) is 0 Å². The van der Waals surface area contributed by atoms with E-state index < -0.39 is 0 Å². The monoisotopic (exact) mass is 341 g/mol. The van der Waals surface area contributed by atoms with Crippen molar-refractivity contribution < 1.29 is 10.2 Å². The lowest BCUT2D eigenvalue weighted by Gasteiger charge is -2.19. The minimum atomic E-state index is 0.186. The van der Waals surface area contributed by atoms with Gasteiger partial charge in [-0.2, -0.15) is 0 Å². The summed E-state index contributed by atoms with van der Waals surface area (Å²) in [5, 5.41) is 17.9. The summed E-state index contributed by atoms with van der Waals surface area (Å²) >= 11 is 0. The zero-order valence-corrected chi connectivity index (χ0v) is 16.2. The predicted octanol–water partition coefficient (Wildman–Crippen LogP) is 4.92. The van der Waals surface area contributed by atoms with Gasteiger partial charge in [-0.3, -0.25) is 4.90 Å². The number of aliphatic hydroxyl groups excluding tert-OH is 2. The molecule has 0 fully saturated rings. The summed E-state index contributed by atoms with van der Waals surface area (Å²) in [4.78, 5) is 2.14. The highest BCUT2D eigenvalue weighted by Gasteiger charge is 2.02. The van der Waals surface area contributed by atoms with Gasteiger partial charge in [0.25, 0.3) is 0 Å². The molecule has 0 spiro atoms. The van der Waals surface area contributed by atoms with E-state index in [1.807, 2.05) is 0 Å². The van der Waals surface area contributed by atoms with Crippen molar-refractivity contribution in [2.45, 2.75) is 90.4 Å². The zero-order valence-electron chi connectivity index (χ0n) is 16.2. The van der Waals surface area contributed by atoms with Crippen LogP contribution in [0.25, 0.3) is 0 Å². The summed E-state index contributed by atoms with van der Waals surface area (Å²) in [6, 6.07) is 0. The van der Waals surface area contributed by atoms with E-state index in [4.69, 9.17) is 10.2 Å². The third kappa shape index (κ3) is 18.0. The first-order chi connectivity index (χ1) is 11.8. The van der Waals surface area contributed by atoms with Gasteiger partial charge in [-0.05, 0) is 38.6 Å². The van der Waals surface area contributed by atoms with Crippen molar-refractivity contribution in [3.63, 3.8) is 0 Å². The molecule has 0 bridgehead atoms. The van der Waals surface area contributed by atoms with Crippen molar-refractivity contribution in [3.8, 4) is 0 Å². The third-order valence-electron chi connectivity index (χ3n) is 4.57. The van der Waals surface area contributed by atoms with Gasteiger partial charge in [-0.1, -0.05) is 70.4 Å². The van der Waals surface area contributed by atoms with Crippen LogP contribution in [0.5, 0.6) is 0 Å². The maximum atomic E-state index is 8.96. The van der Waals surface area contributed by atoms with Crippen LogP contribution in [0.2, 0.25) is 0 Å². The number of nitrogens with zero attached hydrogens (tertiary/aromatic N) is 1. The Hall–Kier alpha value is -0.380. The van der Waals surface area contributed by atoms with Gasteiger partial charge in [-0.15, -0.1) is 0 Å². The fourth-order valence-corrected chi connectivity index (χ4v) is 3.02. The largest absolute Gasteiger partial charge is 0.395 e. The van der Waals surface area contributed by atoms with Crippen LogP contribution in [-0.2, 0) is 0 Å². The Labute approximate surface area is 151 Å². The molecule has 0 saturated carbocycles. The maximum Gasteiger partial charge on any atom is 0.0558 e. The minimum Gasteiger partial charge on any atom is -0.395 e. The number of hydrogen-bond acceptors (Lipinski definition) is 3. The topological polar surface area (TPSA) is 43.7 Å². The van der Waals surface area contributed by atoms with Crippen molar-refractivity contribution in [1.29, 1.82) is 0 Å². The normalized spacial score (nSPS) is 11.8. The SMILES string of the molecule is CCCCCCCC/C=C/CCCCCCCN(CCO)CCO. The number of hydrogen-bond donors (Lipinski definition) is 2. The summed E-state index contributed by atoms with van der Waals surface area (Å²) in [7, 11) is 0. The van der Waals surface area contributed by atoms with Gasteiger partial charge in [0.15, 0.2) is 0 Å². The van der Waals surface area contributed by atoms with Gasteiger partial charge in [0.1, 0.15) is 0 Å². The summed E-state index contributed by atoms with van der Waals surface area (Å²) < 4.78 is 0. The van der Waals surface area contributed by atoms with Crippen LogP contribution >= 0.6 is 0 Å². The van der Waals surface area contributed by atoms with E-state index in [1.165, 1.54) is 83.5 Å². The van der Waals surface area contributed by atoms with Crippen molar-refractivity contribution in [2.75, 3.05) is 32.8 Å². The molecule has 0 saturated heterocycles. The molecule has 0 aromatic carbocycles. The zero-order chi connectivity index (χ0) is 17.7. The van der Waals surface area contributed by atoms with Crippen LogP contribution in [0.15, 0.2) is 12.2 Å². The molecule has 2 N–H and O–H groups in total. The Balaban J connectivity index is 3.25. The first kappa shape index (κ1) is 23.6. The lowest BCUT2D eigenvalue weighted by atomic mass is 10.1. The fraction of sp³-hybridized carbons (Fsp3) is 0.905. The average Bonchev–Trinajstić information content (AvgIpc) is 2.58. The second-order valence-electron chi connectivity index (χ2n) is 6.87. The smallest absolute Gasteiger partial charge is 0.0558 e. The molecule has 0 aromatic heterocycles. The molecule has 3 nitrogen and oxygen atoms in total. The van der Waals surface area contributed by atoms with Gasteiger partial charge < -0.3 is 10.2 Å². The molecule has 24 heavy (non-hydrogen) atoms. The number of rotatable bonds is 19. The Morgan fingerprint density at radius 2 is 1.04 bits per heavy atom. The van der Waals surface area contributed by atoms with E-state index in [0.717, 1.165) is 6.54 Å². The maximum absolute atomic E-state index is 8.96. The quantitative estimate of drug-likeness (QED) is 0.259. The Morgan fingerprint density at radius 3 is 1.54 bits per heavy atom. The fourth-order valence-electron chi connectivity index (χ4n) is 3.02. The summed E-state index contributed by atoms with van der Waals surface area (Å²) in [5.41, 5.74) is 0. The van der Waals surface area contributed by atoms with Crippen LogP contribution in [0, 0.1) is 0 Å². The Bertz CT molecular complexity index is 250. The van der Waals surface area contributed by atoms with E-state index in [2.05, 4.69) is 24.0 Å². The van der Waals surface area contributed by atoms with Gasteiger partial charge in [0.05, 0.1) is 13.2 Å². The molecule has 0 aliphatic heterocycles. The van der Waals surface area contributed by atoms with Crippen molar-refractivity contribution in [3.05, 3.63) is 12.2 Å². The van der Waals surface area contributed by atoms with Crippen LogP contribution in [0.1, 0.15) is 90.4 Å². The number of unbranched alkanes of at least 4 members (excludes halogenated alkanes) is 11. The second kappa shape index (κ2) is 20.7. The molecule has 0 aliphatic carbocycles. The van der Waals surface area contributed by atoms with Gasteiger partial charge in [0, 0.05) is 13.1 Å². The molecule has 0 rings (SSSR count). The first-order valence-corrected chi connectivity index (χ1v) is 10.4. The van der Waals surface area contributed by atoms with Crippen molar-refractivity contribution >= 4 is 0 Å². The summed E-state index contributed by atoms with van der Waals surface area (Å²) in [5.74, 6) is 0. The summed E-state index contributed by atoms with van der Waals surface area (Å²) in [6.07, 6.45) is 21.9. The van der Waals surface area contributed by atoms with E-state index in [1.54, 1.807) is 0 Å². The van der Waals surface area contributed by atoms with E-state index in [-0.39, 0.29) is 13.2 Å². The second-order valence-corrected chi connectivity index (χ2v) is 6.87. The van der Waals surface area contributed by atoms with E-state index in [0.29, 0.717) is 13.1 Å².